The van der Waals surface area contributed by atoms with Gasteiger partial charge >= 0.3 is 0 Å². The van der Waals surface area contributed by atoms with E-state index < -0.39 is 0 Å². The number of nitrogens with zero attached hydrogens (tertiary/aromatic N) is 3. The molecule has 0 fully saturated rings. The fourth-order valence-electron chi connectivity index (χ4n) is 1.61. The number of amidine groups is 1. The summed E-state index contributed by atoms with van der Waals surface area (Å²) in [5.41, 5.74) is 7.36. The summed E-state index contributed by atoms with van der Waals surface area (Å²) < 4.78 is 1.60. The van der Waals surface area contributed by atoms with E-state index in [0.717, 1.165) is 5.56 Å². The molecule has 0 radical (unpaired) electrons. The molecular formula is C14H17N5O2. The summed E-state index contributed by atoms with van der Waals surface area (Å²) in [6, 6.07) is 9.61. The van der Waals surface area contributed by atoms with Crippen molar-refractivity contribution in [3.05, 3.63) is 53.9 Å². The van der Waals surface area contributed by atoms with E-state index in [2.05, 4.69) is 15.6 Å². The zero-order chi connectivity index (χ0) is 15.1. The first-order valence-electron chi connectivity index (χ1n) is 6.40. The standard InChI is InChI=1S/C14H17N5O2/c1-19-9-12(8-17-19)14(15)18-21-10-13(20)16-7-11-5-3-2-4-6-11/h2-6,8-9H,7,10H2,1H3,(H2,15,18)(H,16,20). The molecule has 0 aliphatic carbocycles. The van der Waals surface area contributed by atoms with Gasteiger partial charge in [-0.15, -0.1) is 0 Å². The molecule has 2 aromatic rings. The van der Waals surface area contributed by atoms with Crippen LogP contribution in [0.5, 0.6) is 0 Å². The first-order chi connectivity index (χ1) is 10.1. The second kappa shape index (κ2) is 7.09. The predicted molar refractivity (Wildman–Crippen MR) is 78.2 cm³/mol. The van der Waals surface area contributed by atoms with Crippen molar-refractivity contribution >= 4 is 11.7 Å². The van der Waals surface area contributed by atoms with E-state index in [0.29, 0.717) is 12.1 Å². The van der Waals surface area contributed by atoms with Gasteiger partial charge in [0.15, 0.2) is 12.4 Å². The SMILES string of the molecule is Cn1cc(/C(N)=N/OCC(=O)NCc2ccccc2)cn1. The van der Waals surface area contributed by atoms with Crippen LogP contribution in [0.15, 0.2) is 47.9 Å². The maximum absolute atomic E-state index is 11.6. The minimum atomic E-state index is -0.262. The summed E-state index contributed by atoms with van der Waals surface area (Å²) in [6.45, 7) is 0.263. The van der Waals surface area contributed by atoms with Crippen molar-refractivity contribution in [2.45, 2.75) is 6.54 Å². The van der Waals surface area contributed by atoms with Crippen molar-refractivity contribution < 1.29 is 9.63 Å². The third kappa shape index (κ3) is 4.64. The molecule has 0 bridgehead atoms. The minimum absolute atomic E-state index is 0.180. The third-order valence-electron chi connectivity index (χ3n) is 2.69. The van der Waals surface area contributed by atoms with Gasteiger partial charge in [-0.25, -0.2) is 0 Å². The predicted octanol–water partition coefficient (Wildman–Crippen LogP) is 0.373. The van der Waals surface area contributed by atoms with Crippen LogP contribution < -0.4 is 11.1 Å². The van der Waals surface area contributed by atoms with Crippen LogP contribution in [-0.2, 0) is 23.2 Å². The molecule has 2 rings (SSSR count). The van der Waals surface area contributed by atoms with Crippen LogP contribution >= 0.6 is 0 Å². The molecule has 21 heavy (non-hydrogen) atoms. The van der Waals surface area contributed by atoms with Crippen molar-refractivity contribution in [3.63, 3.8) is 0 Å². The molecule has 110 valence electrons. The normalized spacial score (nSPS) is 11.2. The van der Waals surface area contributed by atoms with Gasteiger partial charge in [-0.05, 0) is 5.56 Å². The lowest BCUT2D eigenvalue weighted by Crippen LogP contribution is -2.27. The van der Waals surface area contributed by atoms with Crippen LogP contribution in [-0.4, -0.2) is 28.1 Å². The molecule has 0 saturated carbocycles. The van der Waals surface area contributed by atoms with Crippen LogP contribution in [0, 0.1) is 0 Å². The van der Waals surface area contributed by atoms with Gasteiger partial charge in [0.25, 0.3) is 5.91 Å². The number of benzene rings is 1. The number of nitrogens with two attached hydrogens (primary N) is 1. The Labute approximate surface area is 122 Å². The third-order valence-corrected chi connectivity index (χ3v) is 2.69. The molecule has 0 saturated heterocycles. The largest absolute Gasteiger partial charge is 0.384 e. The number of nitrogens with one attached hydrogen (secondary N) is 1. The van der Waals surface area contributed by atoms with Crippen molar-refractivity contribution in [3.8, 4) is 0 Å². The quantitative estimate of drug-likeness (QED) is 0.456. The molecular weight excluding hydrogens is 270 g/mol. The summed E-state index contributed by atoms with van der Waals surface area (Å²) in [5.74, 6) is -0.0828. The number of aromatic nitrogens is 2. The smallest absolute Gasteiger partial charge is 0.261 e. The van der Waals surface area contributed by atoms with Gasteiger partial charge in [0.1, 0.15) is 0 Å². The summed E-state index contributed by atoms with van der Waals surface area (Å²) in [7, 11) is 1.77. The molecule has 1 aromatic heterocycles. The van der Waals surface area contributed by atoms with Gasteiger partial charge in [-0.1, -0.05) is 35.5 Å². The van der Waals surface area contributed by atoms with E-state index >= 15 is 0 Å². The molecule has 7 heteroatoms. The molecule has 1 aromatic carbocycles. The molecule has 0 atom stereocenters. The summed E-state index contributed by atoms with van der Waals surface area (Å²) in [4.78, 5) is 16.5. The Kier molecular flexibility index (Phi) is 4.92. The van der Waals surface area contributed by atoms with Crippen LogP contribution in [0.1, 0.15) is 11.1 Å². The molecule has 1 heterocycles. The highest BCUT2D eigenvalue weighted by atomic mass is 16.6. The Morgan fingerprint density at radius 3 is 2.86 bits per heavy atom. The molecule has 0 aliphatic heterocycles. The molecule has 0 aliphatic rings. The van der Waals surface area contributed by atoms with Gasteiger partial charge in [-0.2, -0.15) is 5.10 Å². The van der Waals surface area contributed by atoms with E-state index in [4.69, 9.17) is 10.6 Å². The van der Waals surface area contributed by atoms with Gasteiger partial charge in [0.05, 0.1) is 11.8 Å². The van der Waals surface area contributed by atoms with E-state index in [9.17, 15) is 4.79 Å². The maximum atomic E-state index is 11.6. The van der Waals surface area contributed by atoms with Gasteiger partial charge in [0, 0.05) is 19.8 Å². The Hall–Kier alpha value is -2.83. The average molecular weight is 287 g/mol. The van der Waals surface area contributed by atoms with Crippen LogP contribution in [0.2, 0.25) is 0 Å². The molecule has 3 N–H and O–H groups in total. The summed E-state index contributed by atoms with van der Waals surface area (Å²) >= 11 is 0. The van der Waals surface area contributed by atoms with Gasteiger partial charge in [-0.3, -0.25) is 9.48 Å². The minimum Gasteiger partial charge on any atom is -0.384 e. The van der Waals surface area contributed by atoms with Gasteiger partial charge in [0.2, 0.25) is 0 Å². The number of aryl methyl sites for hydroxylation is 1. The monoisotopic (exact) mass is 287 g/mol. The number of hydrogen-bond acceptors (Lipinski definition) is 4. The highest BCUT2D eigenvalue weighted by Crippen LogP contribution is 1.98. The summed E-state index contributed by atoms with van der Waals surface area (Å²) in [6.07, 6.45) is 3.27. The highest BCUT2D eigenvalue weighted by molar-refractivity contribution is 5.96. The molecule has 0 spiro atoms. The Morgan fingerprint density at radius 1 is 1.43 bits per heavy atom. The first kappa shape index (κ1) is 14.6. The molecule has 7 nitrogen and oxygen atoms in total. The van der Waals surface area contributed by atoms with Crippen molar-refractivity contribution in [1.29, 1.82) is 0 Å². The number of amides is 1. The molecule has 1 amide bonds. The lowest BCUT2D eigenvalue weighted by atomic mass is 10.2. The Bertz CT molecular complexity index is 621. The number of oxime groups is 1. The number of hydrogen-bond donors (Lipinski definition) is 2. The van der Waals surface area contributed by atoms with E-state index in [1.54, 1.807) is 24.1 Å². The van der Waals surface area contributed by atoms with Crippen LogP contribution in [0.25, 0.3) is 0 Å². The zero-order valence-electron chi connectivity index (χ0n) is 11.7. The average Bonchev–Trinajstić information content (AvgIpc) is 2.93. The zero-order valence-corrected chi connectivity index (χ0v) is 11.7. The first-order valence-corrected chi connectivity index (χ1v) is 6.40. The van der Waals surface area contributed by atoms with E-state index in [1.807, 2.05) is 30.3 Å². The van der Waals surface area contributed by atoms with E-state index in [-0.39, 0.29) is 18.3 Å². The van der Waals surface area contributed by atoms with Gasteiger partial charge < -0.3 is 15.9 Å². The maximum Gasteiger partial charge on any atom is 0.261 e. The number of rotatable bonds is 6. The highest BCUT2D eigenvalue weighted by Gasteiger charge is 2.04. The van der Waals surface area contributed by atoms with Crippen molar-refractivity contribution in [1.82, 2.24) is 15.1 Å². The lowest BCUT2D eigenvalue weighted by molar-refractivity contribution is -0.125. The second-order valence-corrected chi connectivity index (χ2v) is 4.41. The fourth-order valence-corrected chi connectivity index (χ4v) is 1.61. The number of carbonyl (C=O) groups excluding carboxylic acids is 1. The lowest BCUT2D eigenvalue weighted by Gasteiger charge is -2.04. The Balaban J connectivity index is 1.74. The van der Waals surface area contributed by atoms with Crippen LogP contribution in [0.4, 0.5) is 0 Å². The summed E-state index contributed by atoms with van der Waals surface area (Å²) in [5, 5.41) is 10.4. The van der Waals surface area contributed by atoms with Crippen molar-refractivity contribution in [2.75, 3.05) is 6.61 Å². The van der Waals surface area contributed by atoms with Crippen molar-refractivity contribution in [2.24, 2.45) is 17.9 Å². The van der Waals surface area contributed by atoms with Crippen LogP contribution in [0.3, 0.4) is 0 Å². The molecule has 0 unspecified atom stereocenters. The number of carbonyl (C=O) groups is 1. The Morgan fingerprint density at radius 2 is 2.19 bits per heavy atom. The topological polar surface area (TPSA) is 94.5 Å². The fraction of sp³-hybridized carbons (Fsp3) is 0.214. The van der Waals surface area contributed by atoms with E-state index in [1.165, 1.54) is 0 Å². The second-order valence-electron chi connectivity index (χ2n) is 4.41.